The van der Waals surface area contributed by atoms with Crippen LogP contribution >= 0.6 is 0 Å². The molecular weight excluding hydrogens is 376 g/mol. The Morgan fingerprint density at radius 2 is 1.84 bits per heavy atom. The quantitative estimate of drug-likeness (QED) is 0.424. The maximum absolute atomic E-state index is 10.3. The minimum Gasteiger partial charge on any atom is -0.393 e. The first kappa shape index (κ1) is 23.6. The summed E-state index contributed by atoms with van der Waals surface area (Å²) in [5, 5.41) is 10.3. The Labute approximate surface area is 193 Å². The van der Waals surface area contributed by atoms with E-state index in [4.69, 9.17) is 0 Å². The van der Waals surface area contributed by atoms with Crippen molar-refractivity contribution in [3.8, 4) is 0 Å². The van der Waals surface area contributed by atoms with E-state index in [0.29, 0.717) is 22.7 Å². The van der Waals surface area contributed by atoms with Gasteiger partial charge in [-0.1, -0.05) is 65.3 Å². The number of hydrogen-bond acceptors (Lipinski definition) is 1. The standard InChI is InChI=1S/C30H50O/c1-8-22(21(5)19(2)3)17-20(4)26-11-12-27-25-10-9-23-18-24(31)13-15-29(23,6)28(25)14-16-30(26,27)7/h9,19-20,22,24-28,31H,5,8,10-18H2,1-4,6-7H3/t20-,22?,24+,25+,26-,27+,28+,29+,30-/m1/s1. The summed E-state index contributed by atoms with van der Waals surface area (Å²) in [6.07, 6.45) is 15.3. The van der Waals surface area contributed by atoms with Gasteiger partial charge in [-0.2, -0.15) is 0 Å². The maximum Gasteiger partial charge on any atom is 0.0577 e. The minimum atomic E-state index is -0.0893. The highest BCUT2D eigenvalue weighted by atomic mass is 16.3. The van der Waals surface area contributed by atoms with Crippen molar-refractivity contribution in [3.05, 3.63) is 23.8 Å². The normalized spacial score (nSPS) is 44.1. The van der Waals surface area contributed by atoms with Gasteiger partial charge in [0, 0.05) is 0 Å². The molecule has 0 amide bonds. The number of rotatable bonds is 6. The molecule has 4 aliphatic carbocycles. The fourth-order valence-electron chi connectivity index (χ4n) is 9.28. The highest BCUT2D eigenvalue weighted by Gasteiger charge is 2.59. The molecule has 0 radical (unpaired) electrons. The van der Waals surface area contributed by atoms with E-state index in [1.165, 1.54) is 56.9 Å². The number of aliphatic hydroxyl groups is 1. The minimum absolute atomic E-state index is 0.0893. The molecule has 1 N–H and O–H groups in total. The zero-order chi connectivity index (χ0) is 22.6. The van der Waals surface area contributed by atoms with Crippen LogP contribution in [0.5, 0.6) is 0 Å². The average molecular weight is 427 g/mol. The molecule has 0 saturated heterocycles. The van der Waals surface area contributed by atoms with Crippen LogP contribution in [-0.4, -0.2) is 11.2 Å². The molecule has 3 saturated carbocycles. The van der Waals surface area contributed by atoms with Gasteiger partial charge < -0.3 is 5.11 Å². The second-order valence-electron chi connectivity index (χ2n) is 12.9. The van der Waals surface area contributed by atoms with Gasteiger partial charge in [0.25, 0.3) is 0 Å². The molecule has 0 spiro atoms. The fraction of sp³-hybridized carbons (Fsp3) is 0.867. The second kappa shape index (κ2) is 8.66. The Morgan fingerprint density at radius 1 is 1.10 bits per heavy atom. The van der Waals surface area contributed by atoms with Crippen LogP contribution in [0.25, 0.3) is 0 Å². The highest BCUT2D eigenvalue weighted by Crippen LogP contribution is 2.67. The predicted molar refractivity (Wildman–Crippen MR) is 133 cm³/mol. The van der Waals surface area contributed by atoms with Crippen molar-refractivity contribution in [3.63, 3.8) is 0 Å². The molecule has 31 heavy (non-hydrogen) atoms. The maximum atomic E-state index is 10.3. The topological polar surface area (TPSA) is 20.2 Å². The SMILES string of the molecule is C=C(C(C)C)C(CC)C[C@@H](C)[C@H]1CC[C@H]2[C@@H]3CC=C4C[C@@H](O)CC[C@]4(C)[C@H]3CC[C@]12C. The van der Waals surface area contributed by atoms with Gasteiger partial charge in [0.2, 0.25) is 0 Å². The number of hydrogen-bond donors (Lipinski definition) is 1. The summed E-state index contributed by atoms with van der Waals surface area (Å²) in [5.41, 5.74) is 4.00. The monoisotopic (exact) mass is 426 g/mol. The van der Waals surface area contributed by atoms with E-state index in [9.17, 15) is 5.11 Å². The van der Waals surface area contributed by atoms with Crippen molar-refractivity contribution in [2.24, 2.45) is 52.3 Å². The Balaban J connectivity index is 1.51. The lowest BCUT2D eigenvalue weighted by molar-refractivity contribution is -0.0578. The Hall–Kier alpha value is -0.560. The summed E-state index contributed by atoms with van der Waals surface area (Å²) in [5.74, 6) is 5.65. The lowest BCUT2D eigenvalue weighted by atomic mass is 9.47. The van der Waals surface area contributed by atoms with Crippen LogP contribution in [0.2, 0.25) is 0 Å². The van der Waals surface area contributed by atoms with Gasteiger partial charge in [0.15, 0.2) is 0 Å². The molecule has 0 aliphatic heterocycles. The fourth-order valence-corrected chi connectivity index (χ4v) is 9.28. The molecule has 1 heteroatoms. The summed E-state index contributed by atoms with van der Waals surface area (Å²) in [6.45, 7) is 19.3. The van der Waals surface area contributed by atoms with Gasteiger partial charge in [-0.05, 0) is 116 Å². The molecule has 0 bridgehead atoms. The molecule has 4 rings (SSSR count). The highest BCUT2D eigenvalue weighted by molar-refractivity contribution is 5.25. The average Bonchev–Trinajstić information content (AvgIpc) is 3.09. The van der Waals surface area contributed by atoms with Crippen LogP contribution in [0, 0.1) is 52.3 Å². The molecule has 1 nitrogen and oxygen atoms in total. The zero-order valence-electron chi connectivity index (χ0n) is 21.4. The Morgan fingerprint density at radius 3 is 2.52 bits per heavy atom. The third-order valence-electron chi connectivity index (χ3n) is 11.3. The molecule has 0 aromatic carbocycles. The lowest BCUT2D eigenvalue weighted by Gasteiger charge is -2.58. The molecule has 9 atom stereocenters. The van der Waals surface area contributed by atoms with Crippen LogP contribution in [-0.2, 0) is 0 Å². The lowest BCUT2D eigenvalue weighted by Crippen LogP contribution is -2.50. The Bertz CT molecular complexity index is 703. The summed E-state index contributed by atoms with van der Waals surface area (Å²) < 4.78 is 0. The molecule has 4 aliphatic rings. The number of fused-ring (bicyclic) bond motifs is 5. The smallest absolute Gasteiger partial charge is 0.0577 e. The van der Waals surface area contributed by atoms with E-state index < -0.39 is 0 Å². The van der Waals surface area contributed by atoms with Crippen LogP contribution in [0.3, 0.4) is 0 Å². The van der Waals surface area contributed by atoms with Gasteiger partial charge in [-0.15, -0.1) is 0 Å². The van der Waals surface area contributed by atoms with E-state index in [0.717, 1.165) is 42.4 Å². The predicted octanol–water partition coefficient (Wildman–Crippen LogP) is 8.19. The van der Waals surface area contributed by atoms with E-state index >= 15 is 0 Å². The number of allylic oxidation sites excluding steroid dienone is 2. The molecule has 0 aromatic heterocycles. The van der Waals surface area contributed by atoms with E-state index in [2.05, 4.69) is 54.2 Å². The van der Waals surface area contributed by atoms with Crippen molar-refractivity contribution in [1.82, 2.24) is 0 Å². The first-order chi connectivity index (χ1) is 14.6. The van der Waals surface area contributed by atoms with Gasteiger partial charge >= 0.3 is 0 Å². The molecule has 1 unspecified atom stereocenters. The first-order valence-electron chi connectivity index (χ1n) is 13.7. The van der Waals surface area contributed by atoms with Crippen LogP contribution < -0.4 is 0 Å². The van der Waals surface area contributed by atoms with Crippen molar-refractivity contribution in [2.75, 3.05) is 0 Å². The third-order valence-corrected chi connectivity index (χ3v) is 11.3. The summed E-state index contributed by atoms with van der Waals surface area (Å²) in [4.78, 5) is 0. The number of aliphatic hydroxyl groups excluding tert-OH is 1. The van der Waals surface area contributed by atoms with Crippen LogP contribution in [0.1, 0.15) is 106 Å². The zero-order valence-corrected chi connectivity index (χ0v) is 21.4. The van der Waals surface area contributed by atoms with Crippen molar-refractivity contribution in [2.45, 2.75) is 112 Å². The summed E-state index contributed by atoms with van der Waals surface area (Å²) in [7, 11) is 0. The molecule has 3 fully saturated rings. The molecule has 0 heterocycles. The van der Waals surface area contributed by atoms with Crippen molar-refractivity contribution >= 4 is 0 Å². The Kier molecular flexibility index (Phi) is 6.59. The summed E-state index contributed by atoms with van der Waals surface area (Å²) in [6, 6.07) is 0. The van der Waals surface area contributed by atoms with Gasteiger partial charge in [-0.25, -0.2) is 0 Å². The van der Waals surface area contributed by atoms with E-state index in [-0.39, 0.29) is 6.10 Å². The van der Waals surface area contributed by atoms with Crippen LogP contribution in [0.4, 0.5) is 0 Å². The van der Waals surface area contributed by atoms with Gasteiger partial charge in [-0.3, -0.25) is 0 Å². The molecule has 0 aromatic rings. The van der Waals surface area contributed by atoms with E-state index in [1.807, 2.05) is 0 Å². The van der Waals surface area contributed by atoms with Gasteiger partial charge in [0.05, 0.1) is 6.10 Å². The van der Waals surface area contributed by atoms with Gasteiger partial charge in [0.1, 0.15) is 0 Å². The van der Waals surface area contributed by atoms with Crippen molar-refractivity contribution < 1.29 is 5.11 Å². The molecule has 176 valence electrons. The molecular formula is C30H50O. The second-order valence-corrected chi connectivity index (χ2v) is 12.9. The summed E-state index contributed by atoms with van der Waals surface area (Å²) >= 11 is 0. The first-order valence-corrected chi connectivity index (χ1v) is 13.7. The van der Waals surface area contributed by atoms with E-state index in [1.54, 1.807) is 5.57 Å². The third kappa shape index (κ3) is 3.89. The largest absolute Gasteiger partial charge is 0.393 e. The van der Waals surface area contributed by atoms with Crippen LogP contribution in [0.15, 0.2) is 23.8 Å². The van der Waals surface area contributed by atoms with Crippen molar-refractivity contribution in [1.29, 1.82) is 0 Å².